The first-order valence-electron chi connectivity index (χ1n) is 30.9. The molecule has 0 fully saturated rings. The van der Waals surface area contributed by atoms with E-state index in [1.807, 2.05) is 0 Å². The van der Waals surface area contributed by atoms with E-state index in [-0.39, 0.29) is 21.7 Å². The molecular formula is C84H78N2O. The van der Waals surface area contributed by atoms with Crippen molar-refractivity contribution in [1.82, 2.24) is 0 Å². The molecular weight excluding hydrogens is 1050 g/mol. The summed E-state index contributed by atoms with van der Waals surface area (Å²) in [6.45, 7) is 27.5. The Balaban J connectivity index is 0.936. The van der Waals surface area contributed by atoms with Crippen LogP contribution in [0.15, 0.2) is 259 Å². The molecule has 1 heterocycles. The zero-order valence-corrected chi connectivity index (χ0v) is 52.6. The van der Waals surface area contributed by atoms with Gasteiger partial charge in [0.05, 0.1) is 11.4 Å². The summed E-state index contributed by atoms with van der Waals surface area (Å²) >= 11 is 0. The zero-order valence-electron chi connectivity index (χ0n) is 52.6. The molecule has 3 nitrogen and oxygen atoms in total. The van der Waals surface area contributed by atoms with Crippen molar-refractivity contribution in [3.8, 4) is 44.5 Å². The Morgan fingerprint density at radius 3 is 0.897 bits per heavy atom. The molecule has 3 heteroatoms. The second-order valence-electron chi connectivity index (χ2n) is 28.0. The number of hydrogen-bond donors (Lipinski definition) is 0. The van der Waals surface area contributed by atoms with Gasteiger partial charge in [-0.05, 0) is 196 Å². The summed E-state index contributed by atoms with van der Waals surface area (Å²) in [5, 5.41) is 6.72. The lowest BCUT2D eigenvalue weighted by Gasteiger charge is -2.30. The van der Waals surface area contributed by atoms with Crippen molar-refractivity contribution in [1.29, 1.82) is 0 Å². The Kier molecular flexibility index (Phi) is 14.2. The van der Waals surface area contributed by atoms with E-state index in [1.165, 1.54) is 66.8 Å². The first-order valence-corrected chi connectivity index (χ1v) is 30.9. The molecule has 0 aliphatic rings. The van der Waals surface area contributed by atoms with Gasteiger partial charge in [-0.1, -0.05) is 241 Å². The lowest BCUT2D eigenvalue weighted by atomic mass is 9.83. The number of anilines is 6. The number of hydrogen-bond acceptors (Lipinski definition) is 3. The molecule has 0 aliphatic heterocycles. The van der Waals surface area contributed by atoms with E-state index in [0.717, 1.165) is 77.6 Å². The molecule has 430 valence electrons. The van der Waals surface area contributed by atoms with Crippen LogP contribution in [0.3, 0.4) is 0 Å². The number of fused-ring (bicyclic) bond motifs is 5. The van der Waals surface area contributed by atoms with E-state index in [1.54, 1.807) is 0 Å². The van der Waals surface area contributed by atoms with Crippen LogP contribution < -0.4 is 9.80 Å². The normalized spacial score (nSPS) is 12.4. The number of rotatable bonds is 10. The van der Waals surface area contributed by atoms with E-state index < -0.39 is 0 Å². The predicted octanol–water partition coefficient (Wildman–Crippen LogP) is 24.7. The monoisotopic (exact) mass is 1130 g/mol. The minimum absolute atomic E-state index is 0.0404. The molecule has 0 amide bonds. The molecule has 0 radical (unpaired) electrons. The van der Waals surface area contributed by atoms with Crippen molar-refractivity contribution in [2.75, 3.05) is 9.80 Å². The van der Waals surface area contributed by atoms with Gasteiger partial charge in [-0.15, -0.1) is 0 Å². The third kappa shape index (κ3) is 11.2. The summed E-state index contributed by atoms with van der Waals surface area (Å²) in [5.41, 5.74) is 22.9. The molecule has 0 unspecified atom stereocenters. The molecule has 0 atom stereocenters. The van der Waals surface area contributed by atoms with Crippen LogP contribution in [0.5, 0.6) is 0 Å². The third-order valence-electron chi connectivity index (χ3n) is 17.7. The number of nitrogens with zero attached hydrogens (tertiary/aromatic N) is 2. The lowest BCUT2D eigenvalue weighted by molar-refractivity contribution is 0.589. The molecule has 13 rings (SSSR count). The van der Waals surface area contributed by atoms with E-state index >= 15 is 0 Å². The van der Waals surface area contributed by atoms with Crippen LogP contribution in [0.4, 0.5) is 34.1 Å². The van der Waals surface area contributed by atoms with Gasteiger partial charge in [0.1, 0.15) is 11.2 Å². The fourth-order valence-corrected chi connectivity index (χ4v) is 12.4. The number of furan rings is 1. The SMILES string of the molecule is CC(C)(C)c1ccc(-c2cc(C(C)(C)C)ccc2N(c2ccc(-c3ccccc3)cc2)c2ccc3cc4c(cc3c2)oc2cc3cc(N(c5ccc(-c6ccccc6)cc5)c5ccc(C(C)(C)C)cc5-c5ccc(C(C)(C)C)cc5)ccc3cc24)cc1. The van der Waals surface area contributed by atoms with Crippen molar-refractivity contribution < 1.29 is 4.42 Å². The van der Waals surface area contributed by atoms with Gasteiger partial charge in [0.15, 0.2) is 0 Å². The van der Waals surface area contributed by atoms with Crippen LogP contribution in [0.25, 0.3) is 88.0 Å². The Labute approximate surface area is 515 Å². The van der Waals surface area contributed by atoms with Crippen LogP contribution in [0.1, 0.15) is 105 Å². The highest BCUT2D eigenvalue weighted by molar-refractivity contribution is 6.14. The molecule has 1 aromatic heterocycles. The van der Waals surface area contributed by atoms with Gasteiger partial charge in [-0.2, -0.15) is 0 Å². The Morgan fingerprint density at radius 2 is 0.552 bits per heavy atom. The highest BCUT2D eigenvalue weighted by Gasteiger charge is 2.26. The van der Waals surface area contributed by atoms with Gasteiger partial charge in [-0.3, -0.25) is 0 Å². The van der Waals surface area contributed by atoms with Crippen molar-refractivity contribution in [3.05, 3.63) is 277 Å². The summed E-state index contributed by atoms with van der Waals surface area (Å²) in [4.78, 5) is 4.87. The van der Waals surface area contributed by atoms with Crippen LogP contribution in [-0.4, -0.2) is 0 Å². The standard InChI is InChI=1S/C84H78N2O/c1-81(2,3)65-33-23-59(24-34-65)73-53-67(83(7,8)9)37-45-77(73)85(69-39-27-57(28-40-69)55-19-15-13-16-20-55)71-43-31-61-49-75-76-50-62-32-44-72(48-64(62)52-80(76)87-79(75)51-63(61)47-71)86(70-41-29-58(30-42-70)56-21-17-14-18-22-56)78-46-38-68(84(10,11)12)54-74(78)60-25-35-66(36-26-60)82(4,5)6/h13-54H,1-12H3. The van der Waals surface area contributed by atoms with E-state index in [9.17, 15) is 0 Å². The fourth-order valence-electron chi connectivity index (χ4n) is 12.4. The van der Waals surface area contributed by atoms with Gasteiger partial charge in [0.2, 0.25) is 0 Å². The van der Waals surface area contributed by atoms with Crippen LogP contribution >= 0.6 is 0 Å². The summed E-state index contributed by atoms with van der Waals surface area (Å²) in [6.07, 6.45) is 0. The predicted molar refractivity (Wildman–Crippen MR) is 375 cm³/mol. The molecule has 87 heavy (non-hydrogen) atoms. The van der Waals surface area contributed by atoms with Crippen molar-refractivity contribution in [2.45, 2.75) is 105 Å². The van der Waals surface area contributed by atoms with Crippen molar-refractivity contribution in [2.24, 2.45) is 0 Å². The lowest BCUT2D eigenvalue weighted by Crippen LogP contribution is -2.15. The summed E-state index contributed by atoms with van der Waals surface area (Å²) < 4.78 is 7.00. The minimum Gasteiger partial charge on any atom is -0.456 e. The largest absolute Gasteiger partial charge is 0.456 e. The number of benzene rings is 12. The molecule has 12 aromatic carbocycles. The third-order valence-corrected chi connectivity index (χ3v) is 17.7. The van der Waals surface area contributed by atoms with Crippen molar-refractivity contribution >= 4 is 77.6 Å². The summed E-state index contributed by atoms with van der Waals surface area (Å²) in [6, 6.07) is 94.8. The fraction of sp³-hybridized carbons (Fsp3) is 0.190. The average Bonchev–Trinajstić information content (AvgIpc) is 1.87. The summed E-state index contributed by atoms with van der Waals surface area (Å²) in [7, 11) is 0. The molecule has 0 bridgehead atoms. The second-order valence-corrected chi connectivity index (χ2v) is 28.0. The van der Waals surface area contributed by atoms with Crippen LogP contribution in [0.2, 0.25) is 0 Å². The maximum absolute atomic E-state index is 7.00. The molecule has 13 aromatic rings. The second kappa shape index (κ2) is 21.8. The van der Waals surface area contributed by atoms with Gasteiger partial charge in [-0.25, -0.2) is 0 Å². The average molecular weight is 1130 g/mol. The highest BCUT2D eigenvalue weighted by atomic mass is 16.3. The maximum atomic E-state index is 7.00. The van der Waals surface area contributed by atoms with Crippen molar-refractivity contribution in [3.63, 3.8) is 0 Å². The molecule has 0 spiro atoms. The maximum Gasteiger partial charge on any atom is 0.136 e. The quantitative estimate of drug-likeness (QED) is 0.136. The van der Waals surface area contributed by atoms with Crippen LogP contribution in [0, 0.1) is 0 Å². The van der Waals surface area contributed by atoms with E-state index in [0.29, 0.717) is 0 Å². The first-order chi connectivity index (χ1) is 41.6. The minimum atomic E-state index is -0.0468. The van der Waals surface area contributed by atoms with Gasteiger partial charge >= 0.3 is 0 Å². The Morgan fingerprint density at radius 1 is 0.241 bits per heavy atom. The molecule has 0 aliphatic carbocycles. The zero-order chi connectivity index (χ0) is 60.6. The van der Waals surface area contributed by atoms with Gasteiger partial charge in [0, 0.05) is 44.6 Å². The van der Waals surface area contributed by atoms with Gasteiger partial charge < -0.3 is 14.2 Å². The highest BCUT2D eigenvalue weighted by Crippen LogP contribution is 2.48. The van der Waals surface area contributed by atoms with E-state index in [4.69, 9.17) is 4.42 Å². The summed E-state index contributed by atoms with van der Waals surface area (Å²) in [5.74, 6) is 0. The molecule has 0 saturated carbocycles. The molecule has 0 N–H and O–H groups in total. The first kappa shape index (κ1) is 56.7. The Hall–Kier alpha value is -9.44. The van der Waals surface area contributed by atoms with Crippen LogP contribution in [-0.2, 0) is 21.7 Å². The molecule has 0 saturated heterocycles. The Bertz CT molecular complexity index is 4360. The van der Waals surface area contributed by atoms with E-state index in [2.05, 4.69) is 348 Å². The topological polar surface area (TPSA) is 19.6 Å². The van der Waals surface area contributed by atoms with Gasteiger partial charge in [0.25, 0.3) is 0 Å². The smallest absolute Gasteiger partial charge is 0.136 e.